The predicted octanol–water partition coefficient (Wildman–Crippen LogP) is 4.45. The lowest BCUT2D eigenvalue weighted by Gasteiger charge is -2.08. The highest BCUT2D eigenvalue weighted by Crippen LogP contribution is 2.27. The van der Waals surface area contributed by atoms with Crippen LogP contribution in [0.3, 0.4) is 0 Å². The molecule has 2 rings (SSSR count). The molecule has 0 saturated heterocycles. The summed E-state index contributed by atoms with van der Waals surface area (Å²) >= 11 is 0. The number of amides is 1. The Morgan fingerprint density at radius 3 is 2.43 bits per heavy atom. The van der Waals surface area contributed by atoms with Crippen molar-refractivity contribution in [2.24, 2.45) is 0 Å². The number of non-ortho nitro benzene ring substituents is 1. The van der Waals surface area contributed by atoms with Gasteiger partial charge in [-0.15, -0.1) is 0 Å². The van der Waals surface area contributed by atoms with Crippen molar-refractivity contribution in [1.82, 2.24) is 0 Å². The van der Waals surface area contributed by atoms with Crippen molar-refractivity contribution in [3.63, 3.8) is 0 Å². The normalized spacial score (nSPS) is 11.1. The maximum atomic E-state index is 12.4. The minimum atomic E-state index is -3.17. The van der Waals surface area contributed by atoms with Gasteiger partial charge in [0.05, 0.1) is 4.92 Å². The second-order valence-electron chi connectivity index (χ2n) is 5.09. The van der Waals surface area contributed by atoms with Crippen LogP contribution in [0.25, 0.3) is 6.08 Å². The lowest BCUT2D eigenvalue weighted by atomic mass is 10.1. The Morgan fingerprint density at radius 2 is 1.79 bits per heavy atom. The van der Waals surface area contributed by atoms with E-state index in [4.69, 9.17) is 0 Å². The fourth-order valence-corrected chi connectivity index (χ4v) is 2.08. The fourth-order valence-electron chi connectivity index (χ4n) is 2.08. The summed E-state index contributed by atoms with van der Waals surface area (Å²) < 4.78 is 57.8. The largest absolute Gasteiger partial charge is 0.435 e. The molecule has 11 heteroatoms. The van der Waals surface area contributed by atoms with Gasteiger partial charge in [0.15, 0.2) is 0 Å². The van der Waals surface area contributed by atoms with E-state index < -0.39 is 29.7 Å². The molecule has 0 radical (unpaired) electrons. The molecule has 2 aromatic carbocycles. The minimum absolute atomic E-state index is 0.126. The summed E-state index contributed by atoms with van der Waals surface area (Å²) in [7, 11) is 0. The van der Waals surface area contributed by atoms with Gasteiger partial charge < -0.3 is 14.8 Å². The highest BCUT2D eigenvalue weighted by molar-refractivity contribution is 6.02. The number of anilines is 1. The van der Waals surface area contributed by atoms with Crippen LogP contribution >= 0.6 is 0 Å². The summed E-state index contributed by atoms with van der Waals surface area (Å²) in [6, 6.07) is 8.09. The van der Waals surface area contributed by atoms with E-state index in [1.54, 1.807) is 0 Å². The maximum absolute atomic E-state index is 12.4. The number of nitrogens with zero attached hydrogens (tertiary/aromatic N) is 1. The zero-order chi connectivity index (χ0) is 20.7. The number of hydrogen-bond acceptors (Lipinski definition) is 5. The average Bonchev–Trinajstić information content (AvgIpc) is 2.60. The number of carbonyl (C=O) groups excluding carboxylic acids is 1. The van der Waals surface area contributed by atoms with Crippen LogP contribution in [-0.4, -0.2) is 24.1 Å². The maximum Gasteiger partial charge on any atom is 0.387 e. The molecule has 2 aromatic rings. The topological polar surface area (TPSA) is 90.7 Å². The molecule has 148 valence electrons. The third-order valence-electron chi connectivity index (χ3n) is 3.16. The Labute approximate surface area is 155 Å². The SMILES string of the molecule is O=C(C=Cc1cc([N+](=O)[O-])ccc1OC(F)F)Nc1cccc(OC(F)F)c1. The number of nitro groups is 1. The molecular formula is C17H12F4N2O5. The molecule has 0 saturated carbocycles. The third-order valence-corrected chi connectivity index (χ3v) is 3.16. The standard InChI is InChI=1S/C17H12F4N2O5/c18-16(19)27-13-3-1-2-11(9-13)22-15(24)7-4-10-8-12(23(25)26)5-6-14(10)28-17(20)21/h1-9,16-17H,(H,22,24). The quantitative estimate of drug-likeness (QED) is 0.306. The van der Waals surface area contributed by atoms with E-state index in [1.807, 2.05) is 0 Å². The molecule has 28 heavy (non-hydrogen) atoms. The Balaban J connectivity index is 2.16. The van der Waals surface area contributed by atoms with Gasteiger partial charge in [-0.2, -0.15) is 17.6 Å². The van der Waals surface area contributed by atoms with Gasteiger partial charge >= 0.3 is 13.2 Å². The van der Waals surface area contributed by atoms with Crippen LogP contribution < -0.4 is 14.8 Å². The summed E-state index contributed by atoms with van der Waals surface area (Å²) in [4.78, 5) is 22.0. The number of benzene rings is 2. The van der Waals surface area contributed by atoms with Crippen LogP contribution in [0, 0.1) is 10.1 Å². The Bertz CT molecular complexity index is 890. The molecular weight excluding hydrogens is 388 g/mol. The highest BCUT2D eigenvalue weighted by Gasteiger charge is 2.14. The first-order chi connectivity index (χ1) is 13.2. The van der Waals surface area contributed by atoms with Crippen LogP contribution in [0.2, 0.25) is 0 Å². The van der Waals surface area contributed by atoms with Crippen LogP contribution in [0.4, 0.5) is 28.9 Å². The summed E-state index contributed by atoms with van der Waals surface area (Å²) in [6.45, 7) is -6.20. The van der Waals surface area contributed by atoms with E-state index in [0.717, 1.165) is 36.4 Å². The first-order valence-electron chi connectivity index (χ1n) is 7.52. The molecule has 1 N–H and O–H groups in total. The molecule has 7 nitrogen and oxygen atoms in total. The van der Waals surface area contributed by atoms with Crippen molar-refractivity contribution in [3.8, 4) is 11.5 Å². The molecule has 0 bridgehead atoms. The molecule has 1 amide bonds. The van der Waals surface area contributed by atoms with E-state index >= 15 is 0 Å². The fraction of sp³-hybridized carbons (Fsp3) is 0.118. The van der Waals surface area contributed by atoms with E-state index in [0.29, 0.717) is 0 Å². The number of ether oxygens (including phenoxy) is 2. The minimum Gasteiger partial charge on any atom is -0.435 e. The van der Waals surface area contributed by atoms with E-state index in [-0.39, 0.29) is 22.7 Å². The number of nitro benzene ring substituents is 1. The van der Waals surface area contributed by atoms with Gasteiger partial charge in [-0.3, -0.25) is 14.9 Å². The van der Waals surface area contributed by atoms with Gasteiger partial charge in [-0.1, -0.05) is 6.07 Å². The number of halogens is 4. The first kappa shape index (κ1) is 20.7. The monoisotopic (exact) mass is 400 g/mol. The van der Waals surface area contributed by atoms with Crippen molar-refractivity contribution in [2.45, 2.75) is 13.2 Å². The van der Waals surface area contributed by atoms with Gasteiger partial charge in [0, 0.05) is 35.5 Å². The number of carbonyl (C=O) groups is 1. The molecule has 0 aromatic heterocycles. The van der Waals surface area contributed by atoms with Gasteiger partial charge in [0.2, 0.25) is 5.91 Å². The summed E-state index contributed by atoms with van der Waals surface area (Å²) in [5.41, 5.74) is -0.381. The summed E-state index contributed by atoms with van der Waals surface area (Å²) in [5.74, 6) is -1.29. The Morgan fingerprint density at radius 1 is 1.07 bits per heavy atom. The van der Waals surface area contributed by atoms with E-state index in [9.17, 15) is 32.5 Å². The number of rotatable bonds is 8. The molecule has 0 aliphatic rings. The molecule has 0 aliphatic carbocycles. The lowest BCUT2D eigenvalue weighted by Crippen LogP contribution is -2.09. The molecule has 0 unspecified atom stereocenters. The number of nitrogens with one attached hydrogen (secondary N) is 1. The van der Waals surface area contributed by atoms with E-state index in [1.165, 1.54) is 18.2 Å². The molecule has 0 atom stereocenters. The summed E-state index contributed by atoms with van der Waals surface area (Å²) in [5, 5.41) is 13.2. The molecule has 0 aliphatic heterocycles. The van der Waals surface area contributed by atoms with Crippen LogP contribution in [0.1, 0.15) is 5.56 Å². The molecule has 0 heterocycles. The zero-order valence-corrected chi connectivity index (χ0v) is 13.9. The second-order valence-corrected chi connectivity index (χ2v) is 5.09. The molecule has 0 fully saturated rings. The second kappa shape index (κ2) is 9.35. The zero-order valence-electron chi connectivity index (χ0n) is 13.9. The highest BCUT2D eigenvalue weighted by atomic mass is 19.3. The predicted molar refractivity (Wildman–Crippen MR) is 90.5 cm³/mol. The van der Waals surface area contributed by atoms with Crippen molar-refractivity contribution < 1.29 is 36.8 Å². The van der Waals surface area contributed by atoms with Crippen LogP contribution in [0.5, 0.6) is 11.5 Å². The van der Waals surface area contributed by atoms with Crippen molar-refractivity contribution in [3.05, 3.63) is 64.2 Å². The average molecular weight is 400 g/mol. The van der Waals surface area contributed by atoms with Gasteiger partial charge in [-0.25, -0.2) is 0 Å². The van der Waals surface area contributed by atoms with Crippen molar-refractivity contribution >= 4 is 23.4 Å². The smallest absolute Gasteiger partial charge is 0.387 e. The van der Waals surface area contributed by atoms with Crippen molar-refractivity contribution in [2.75, 3.05) is 5.32 Å². The Hall–Kier alpha value is -3.63. The summed E-state index contributed by atoms with van der Waals surface area (Å²) in [6.07, 6.45) is 1.96. The Kier molecular flexibility index (Phi) is 6.90. The van der Waals surface area contributed by atoms with Gasteiger partial charge in [0.25, 0.3) is 5.69 Å². The third kappa shape index (κ3) is 6.27. The lowest BCUT2D eigenvalue weighted by molar-refractivity contribution is -0.384. The van der Waals surface area contributed by atoms with Gasteiger partial charge in [-0.05, 0) is 24.3 Å². The van der Waals surface area contributed by atoms with Crippen LogP contribution in [-0.2, 0) is 4.79 Å². The number of hydrogen-bond donors (Lipinski definition) is 1. The van der Waals surface area contributed by atoms with Crippen LogP contribution in [0.15, 0.2) is 48.5 Å². The molecule has 0 spiro atoms. The van der Waals surface area contributed by atoms with E-state index in [2.05, 4.69) is 14.8 Å². The van der Waals surface area contributed by atoms with Crippen molar-refractivity contribution in [1.29, 1.82) is 0 Å². The number of alkyl halides is 4. The van der Waals surface area contributed by atoms with Gasteiger partial charge in [0.1, 0.15) is 11.5 Å². The first-order valence-corrected chi connectivity index (χ1v) is 7.52.